The molecule has 0 unspecified atom stereocenters. The Kier molecular flexibility index (Phi) is 4.05. The lowest BCUT2D eigenvalue weighted by Gasteiger charge is -2.07. The van der Waals surface area contributed by atoms with Gasteiger partial charge in [-0.3, -0.25) is 4.98 Å². The van der Waals surface area contributed by atoms with Crippen LogP contribution in [-0.4, -0.2) is 23.5 Å². The fraction of sp³-hybridized carbons (Fsp3) is 0.0714. The third-order valence-electron chi connectivity index (χ3n) is 3.17. The van der Waals surface area contributed by atoms with Crippen molar-refractivity contribution in [2.45, 2.75) is 11.1 Å². The summed E-state index contributed by atoms with van der Waals surface area (Å²) in [5, 5.41) is 8.61. The van der Waals surface area contributed by atoms with Crippen LogP contribution in [0, 0.1) is 0 Å². The van der Waals surface area contributed by atoms with Crippen molar-refractivity contribution < 1.29 is 26.1 Å². The quantitative estimate of drug-likeness (QED) is 0.758. The van der Waals surface area contributed by atoms with Crippen molar-refractivity contribution >= 4 is 10.0 Å². The minimum absolute atomic E-state index is 0.00653. The van der Waals surface area contributed by atoms with Gasteiger partial charge >= 0.3 is 6.18 Å². The highest BCUT2D eigenvalue weighted by molar-refractivity contribution is 7.89. The summed E-state index contributed by atoms with van der Waals surface area (Å²) in [5.41, 5.74) is -1.15. The molecule has 3 rings (SSSR count). The molecule has 3 aromatic rings. The summed E-state index contributed by atoms with van der Waals surface area (Å²) in [6.07, 6.45) is -3.67. The summed E-state index contributed by atoms with van der Waals surface area (Å²) in [5.74, 6) is -0.362. The average Bonchev–Trinajstić information content (AvgIpc) is 3.03. The first kappa shape index (κ1) is 17.0. The Balaban J connectivity index is 1.99. The lowest BCUT2D eigenvalue weighted by Crippen LogP contribution is -2.11. The summed E-state index contributed by atoms with van der Waals surface area (Å²) in [6.45, 7) is 0. The minimum atomic E-state index is -4.68. The van der Waals surface area contributed by atoms with Crippen LogP contribution in [0.1, 0.15) is 5.69 Å². The molecule has 0 fully saturated rings. The van der Waals surface area contributed by atoms with E-state index in [1.807, 2.05) is 0 Å². The number of hydrogen-bond donors (Lipinski definition) is 1. The maximum absolute atomic E-state index is 13.0. The van der Waals surface area contributed by atoms with E-state index in [1.54, 1.807) is 0 Å². The third kappa shape index (κ3) is 3.51. The highest BCUT2D eigenvalue weighted by atomic mass is 32.2. The molecule has 2 heterocycles. The summed E-state index contributed by atoms with van der Waals surface area (Å²) < 4.78 is 66.3. The molecular formula is C14H9F3N4O3S. The highest BCUT2D eigenvalue weighted by Gasteiger charge is 2.36. The highest BCUT2D eigenvalue weighted by Crippen LogP contribution is 2.35. The molecule has 0 saturated carbocycles. The largest absolute Gasteiger partial charge is 0.434 e. The van der Waals surface area contributed by atoms with Crippen molar-refractivity contribution in [1.82, 2.24) is 15.1 Å². The lowest BCUT2D eigenvalue weighted by molar-refractivity contribution is -0.140. The summed E-state index contributed by atoms with van der Waals surface area (Å²) in [7, 11) is -3.86. The zero-order chi connectivity index (χ0) is 18.2. The van der Waals surface area contributed by atoms with Crippen LogP contribution in [0.3, 0.4) is 0 Å². The average molecular weight is 370 g/mol. The van der Waals surface area contributed by atoms with Crippen LogP contribution in [0.25, 0.3) is 22.8 Å². The molecule has 1 aromatic carbocycles. The van der Waals surface area contributed by atoms with Crippen molar-refractivity contribution in [3.63, 3.8) is 0 Å². The van der Waals surface area contributed by atoms with Gasteiger partial charge in [0, 0.05) is 11.8 Å². The molecule has 2 N–H and O–H groups in total. The zero-order valence-corrected chi connectivity index (χ0v) is 13.0. The zero-order valence-electron chi connectivity index (χ0n) is 12.2. The molecule has 0 atom stereocenters. The molecule has 0 amide bonds. The van der Waals surface area contributed by atoms with Gasteiger partial charge in [-0.2, -0.15) is 18.2 Å². The second-order valence-corrected chi connectivity index (χ2v) is 6.45. The van der Waals surface area contributed by atoms with Crippen molar-refractivity contribution in [2.75, 3.05) is 0 Å². The molecule has 0 radical (unpaired) electrons. The van der Waals surface area contributed by atoms with Gasteiger partial charge in [0.15, 0.2) is 5.69 Å². The normalized spacial score (nSPS) is 12.3. The lowest BCUT2D eigenvalue weighted by atomic mass is 10.2. The van der Waals surface area contributed by atoms with Crippen molar-refractivity contribution in [1.29, 1.82) is 0 Å². The van der Waals surface area contributed by atoms with Gasteiger partial charge in [-0.25, -0.2) is 13.6 Å². The van der Waals surface area contributed by atoms with Crippen LogP contribution >= 0.6 is 0 Å². The van der Waals surface area contributed by atoms with Gasteiger partial charge in [0.05, 0.1) is 10.5 Å². The van der Waals surface area contributed by atoms with Gasteiger partial charge in [-0.1, -0.05) is 5.16 Å². The molecule has 0 spiro atoms. The topological polar surface area (TPSA) is 112 Å². The van der Waals surface area contributed by atoms with Crippen LogP contribution in [0.4, 0.5) is 13.2 Å². The number of benzene rings is 1. The third-order valence-corrected chi connectivity index (χ3v) is 4.10. The van der Waals surface area contributed by atoms with E-state index in [-0.39, 0.29) is 22.2 Å². The summed E-state index contributed by atoms with van der Waals surface area (Å²) >= 11 is 0. The SMILES string of the molecule is NS(=O)(=O)c1ccc(-c2noc(-c3cccnc3C(F)(F)F)n2)cc1. The van der Waals surface area contributed by atoms with E-state index in [1.165, 1.54) is 30.3 Å². The van der Waals surface area contributed by atoms with E-state index in [0.717, 1.165) is 12.3 Å². The molecule has 0 bridgehead atoms. The molecule has 2 aromatic heterocycles. The maximum atomic E-state index is 13.0. The Morgan fingerprint density at radius 1 is 1.08 bits per heavy atom. The fourth-order valence-electron chi connectivity index (χ4n) is 2.05. The van der Waals surface area contributed by atoms with E-state index in [9.17, 15) is 21.6 Å². The minimum Gasteiger partial charge on any atom is -0.334 e. The predicted molar refractivity (Wildman–Crippen MR) is 79.3 cm³/mol. The van der Waals surface area contributed by atoms with Crippen LogP contribution in [0.2, 0.25) is 0 Å². The second kappa shape index (κ2) is 5.93. The number of nitrogens with two attached hydrogens (primary N) is 1. The number of alkyl halides is 3. The van der Waals surface area contributed by atoms with Crippen molar-refractivity contribution in [3.8, 4) is 22.8 Å². The maximum Gasteiger partial charge on any atom is 0.434 e. The number of rotatable bonds is 3. The number of nitrogens with zero attached hydrogens (tertiary/aromatic N) is 3. The van der Waals surface area contributed by atoms with Gasteiger partial charge in [-0.15, -0.1) is 0 Å². The van der Waals surface area contributed by atoms with Crippen LogP contribution in [-0.2, 0) is 16.2 Å². The smallest absolute Gasteiger partial charge is 0.334 e. The number of halogens is 3. The van der Waals surface area contributed by atoms with E-state index in [4.69, 9.17) is 9.66 Å². The number of aromatic nitrogens is 3. The molecule has 7 nitrogen and oxygen atoms in total. The van der Waals surface area contributed by atoms with Crippen LogP contribution in [0.15, 0.2) is 52.0 Å². The molecule has 0 aliphatic rings. The van der Waals surface area contributed by atoms with Crippen LogP contribution in [0.5, 0.6) is 0 Å². The molecule has 25 heavy (non-hydrogen) atoms. The van der Waals surface area contributed by atoms with Crippen molar-refractivity contribution in [3.05, 3.63) is 48.3 Å². The molecule has 0 aliphatic carbocycles. The van der Waals surface area contributed by atoms with Gasteiger partial charge < -0.3 is 4.52 Å². The molecule has 130 valence electrons. The molecule has 0 saturated heterocycles. The summed E-state index contributed by atoms with van der Waals surface area (Å²) in [6, 6.07) is 7.66. The fourth-order valence-corrected chi connectivity index (χ4v) is 2.56. The van der Waals surface area contributed by atoms with E-state index < -0.39 is 21.9 Å². The van der Waals surface area contributed by atoms with Gasteiger partial charge in [-0.05, 0) is 36.4 Å². The molecular weight excluding hydrogens is 361 g/mol. The first-order valence-corrected chi connectivity index (χ1v) is 8.20. The Hall–Kier alpha value is -2.79. The number of sulfonamides is 1. The van der Waals surface area contributed by atoms with E-state index in [0.29, 0.717) is 5.56 Å². The second-order valence-electron chi connectivity index (χ2n) is 4.89. The van der Waals surface area contributed by atoms with Crippen LogP contribution < -0.4 is 5.14 Å². The summed E-state index contributed by atoms with van der Waals surface area (Å²) in [4.78, 5) is 7.11. The standard InChI is InChI=1S/C14H9F3N4O3S/c15-14(16,17)11-10(2-1-7-19-11)13-20-12(21-24-13)8-3-5-9(6-4-8)25(18,22)23/h1-7H,(H2,18,22,23). The predicted octanol–water partition coefficient (Wildman–Crippen LogP) is 2.46. The molecule has 0 aliphatic heterocycles. The van der Waals surface area contributed by atoms with Gasteiger partial charge in [0.25, 0.3) is 5.89 Å². The first-order valence-electron chi connectivity index (χ1n) is 6.66. The Morgan fingerprint density at radius 2 is 1.76 bits per heavy atom. The van der Waals surface area contributed by atoms with Gasteiger partial charge in [0.2, 0.25) is 15.8 Å². The monoisotopic (exact) mass is 370 g/mol. The van der Waals surface area contributed by atoms with Gasteiger partial charge in [0.1, 0.15) is 0 Å². The number of primary sulfonamides is 1. The van der Waals surface area contributed by atoms with Crippen molar-refractivity contribution in [2.24, 2.45) is 5.14 Å². The molecule has 11 heteroatoms. The number of pyridine rings is 1. The van der Waals surface area contributed by atoms with E-state index >= 15 is 0 Å². The Labute approximate surface area is 139 Å². The number of hydrogen-bond acceptors (Lipinski definition) is 6. The Bertz CT molecular complexity index is 1010. The van der Waals surface area contributed by atoms with E-state index in [2.05, 4.69) is 15.1 Å². The first-order chi connectivity index (χ1) is 11.7. The Morgan fingerprint density at radius 3 is 2.36 bits per heavy atom.